The van der Waals surface area contributed by atoms with Crippen LogP contribution in [0.1, 0.15) is 0 Å². The summed E-state index contributed by atoms with van der Waals surface area (Å²) in [5, 5.41) is 4.93. The van der Waals surface area contributed by atoms with E-state index in [9.17, 15) is 0 Å². The van der Waals surface area contributed by atoms with Crippen LogP contribution in [0.2, 0.25) is 0 Å². The molecular weight excluding hydrogens is 835 g/mol. The molecule has 13 rings (SSSR count). The Labute approximate surface area is 401 Å². The van der Waals surface area contributed by atoms with Crippen molar-refractivity contribution in [3.63, 3.8) is 0 Å². The summed E-state index contributed by atoms with van der Waals surface area (Å²) in [7, 11) is 0. The van der Waals surface area contributed by atoms with E-state index in [1.807, 2.05) is 0 Å². The van der Waals surface area contributed by atoms with Crippen molar-refractivity contribution >= 4 is 60.7 Å². The fraction of sp³-hybridized carbons (Fsp3) is 0. The van der Waals surface area contributed by atoms with Gasteiger partial charge in [-0.3, -0.25) is 0 Å². The summed E-state index contributed by atoms with van der Waals surface area (Å²) in [6, 6.07) is 99.1. The van der Waals surface area contributed by atoms with Crippen LogP contribution < -0.4 is 4.90 Å². The molecule has 0 fully saturated rings. The molecule has 324 valence electrons. The summed E-state index contributed by atoms with van der Waals surface area (Å²) in [6.45, 7) is 0. The molecule has 0 saturated carbocycles. The average Bonchev–Trinajstić information content (AvgIpc) is 3.95. The van der Waals surface area contributed by atoms with Crippen molar-refractivity contribution in [2.75, 3.05) is 4.90 Å². The van der Waals surface area contributed by atoms with Gasteiger partial charge in [0.05, 0.1) is 33.4 Å². The highest BCUT2D eigenvalue weighted by molar-refractivity contribution is 6.14. The first-order chi connectivity index (χ1) is 34.3. The van der Waals surface area contributed by atoms with Crippen LogP contribution in [0.3, 0.4) is 0 Å². The lowest BCUT2D eigenvalue weighted by Crippen LogP contribution is -2.13. The molecule has 0 unspecified atom stereocenters. The normalized spacial score (nSPS) is 11.5. The predicted octanol–water partition coefficient (Wildman–Crippen LogP) is 18.0. The highest BCUT2D eigenvalue weighted by Crippen LogP contribution is 2.45. The molecule has 0 saturated heterocycles. The molecule has 0 atom stereocenters. The summed E-state index contributed by atoms with van der Waals surface area (Å²) in [6.07, 6.45) is 0. The summed E-state index contributed by atoms with van der Waals surface area (Å²) < 4.78 is 4.86. The monoisotopic (exact) mass is 879 g/mol. The molecule has 69 heavy (non-hydrogen) atoms. The van der Waals surface area contributed by atoms with Gasteiger partial charge in [0.2, 0.25) is 0 Å². The van der Waals surface area contributed by atoms with Gasteiger partial charge in [-0.15, -0.1) is 0 Å². The predicted molar refractivity (Wildman–Crippen MR) is 292 cm³/mol. The van der Waals surface area contributed by atoms with Crippen molar-refractivity contribution in [3.8, 4) is 55.9 Å². The number of benzene rings is 11. The molecule has 0 amide bonds. The van der Waals surface area contributed by atoms with E-state index in [0.717, 1.165) is 39.6 Å². The summed E-state index contributed by atoms with van der Waals surface area (Å²) in [4.78, 5) is 2.44. The van der Waals surface area contributed by atoms with E-state index in [-0.39, 0.29) is 0 Å². The molecule has 13 aromatic rings. The largest absolute Gasteiger partial charge is 0.309 e. The van der Waals surface area contributed by atoms with Crippen LogP contribution in [-0.4, -0.2) is 9.13 Å². The molecule has 3 heteroatoms. The van der Waals surface area contributed by atoms with E-state index < -0.39 is 0 Å². The Bertz CT molecular complexity index is 3960. The quantitative estimate of drug-likeness (QED) is 0.141. The second-order valence-electron chi connectivity index (χ2n) is 17.6. The number of para-hydroxylation sites is 7. The van der Waals surface area contributed by atoms with Crippen molar-refractivity contribution in [2.24, 2.45) is 0 Å². The first-order valence-corrected chi connectivity index (χ1v) is 23.7. The van der Waals surface area contributed by atoms with Crippen LogP contribution in [0.25, 0.3) is 99.5 Å². The van der Waals surface area contributed by atoms with E-state index in [0.29, 0.717) is 0 Å². The molecule has 0 aliphatic heterocycles. The lowest BCUT2D eigenvalue weighted by Gasteiger charge is -2.29. The van der Waals surface area contributed by atoms with Crippen LogP contribution in [0.4, 0.5) is 17.1 Å². The van der Waals surface area contributed by atoms with E-state index in [4.69, 9.17) is 0 Å². The van der Waals surface area contributed by atoms with Crippen LogP contribution in [0.15, 0.2) is 273 Å². The summed E-state index contributed by atoms with van der Waals surface area (Å²) in [5.74, 6) is 0. The number of hydrogen-bond acceptors (Lipinski definition) is 1. The third-order valence-electron chi connectivity index (χ3n) is 13.7. The Morgan fingerprint density at radius 3 is 1.36 bits per heavy atom. The second-order valence-corrected chi connectivity index (χ2v) is 17.6. The Kier molecular flexibility index (Phi) is 9.84. The summed E-state index contributed by atoms with van der Waals surface area (Å²) >= 11 is 0. The van der Waals surface area contributed by atoms with Crippen molar-refractivity contribution in [2.45, 2.75) is 0 Å². The molecule has 3 nitrogen and oxygen atoms in total. The van der Waals surface area contributed by atoms with E-state index >= 15 is 0 Å². The highest BCUT2D eigenvalue weighted by atomic mass is 15.2. The number of nitrogens with zero attached hydrogens (tertiary/aromatic N) is 3. The number of rotatable bonds is 9. The van der Waals surface area contributed by atoms with Gasteiger partial charge in [0.15, 0.2) is 0 Å². The zero-order valence-corrected chi connectivity index (χ0v) is 37.8. The Morgan fingerprint density at radius 2 is 0.710 bits per heavy atom. The minimum atomic E-state index is 1.06. The van der Waals surface area contributed by atoms with Crippen molar-refractivity contribution in [1.82, 2.24) is 9.13 Å². The third kappa shape index (κ3) is 6.82. The number of anilines is 3. The van der Waals surface area contributed by atoms with Gasteiger partial charge in [-0.1, -0.05) is 206 Å². The molecule has 2 heterocycles. The first-order valence-electron chi connectivity index (χ1n) is 23.7. The van der Waals surface area contributed by atoms with Gasteiger partial charge in [-0.2, -0.15) is 0 Å². The fourth-order valence-electron chi connectivity index (χ4n) is 10.7. The maximum Gasteiger partial charge on any atom is 0.0702 e. The molecule has 0 spiro atoms. The summed E-state index contributed by atoms with van der Waals surface area (Å²) in [5.41, 5.74) is 19.6. The maximum atomic E-state index is 2.44. The minimum Gasteiger partial charge on any atom is -0.309 e. The molecule has 0 bridgehead atoms. The molecule has 11 aromatic carbocycles. The zero-order chi connectivity index (χ0) is 45.7. The molecule has 0 aliphatic carbocycles. The molecule has 0 radical (unpaired) electrons. The molecule has 0 aliphatic rings. The number of fused-ring (bicyclic) bond motifs is 6. The van der Waals surface area contributed by atoms with Crippen molar-refractivity contribution in [1.29, 1.82) is 0 Å². The standard InChI is InChI=1S/C66H45N3/c1-3-21-46(22-4-1)52-27-7-9-29-55(52)56-30-10-8-28-53(56)47-41-43-50(44-42-47)67(64-39-17-18-40-65(64)69-62-37-15-11-31-57(62)58-32-12-16-38-63(58)69)51-26-19-23-48(45-51)54-34-20-35-60-59-33-13-14-36-61(59)68(66(54)60)49-24-5-2-6-25-49/h1-45H. The maximum absolute atomic E-state index is 2.44. The van der Waals surface area contributed by atoms with Gasteiger partial charge in [0.25, 0.3) is 0 Å². The molecule has 0 N–H and O–H groups in total. The minimum absolute atomic E-state index is 1.06. The van der Waals surface area contributed by atoms with Gasteiger partial charge < -0.3 is 14.0 Å². The first kappa shape index (κ1) is 40.1. The third-order valence-corrected chi connectivity index (χ3v) is 13.7. The lowest BCUT2D eigenvalue weighted by atomic mass is 9.89. The van der Waals surface area contributed by atoms with Crippen LogP contribution in [-0.2, 0) is 0 Å². The Hall–Kier alpha value is -9.18. The van der Waals surface area contributed by atoms with E-state index in [1.54, 1.807) is 0 Å². The SMILES string of the molecule is c1ccc(-c2ccccc2-c2ccccc2-c2ccc(N(c3cccc(-c4cccc5c6ccccc6n(-c6ccccc6)c45)c3)c3ccccc3-n3c4ccccc4c4ccccc43)cc2)cc1. The topological polar surface area (TPSA) is 13.1 Å². The lowest BCUT2D eigenvalue weighted by molar-refractivity contribution is 1.15. The fourth-order valence-corrected chi connectivity index (χ4v) is 10.7. The number of hydrogen-bond donors (Lipinski definition) is 0. The molecule has 2 aromatic heterocycles. The van der Waals surface area contributed by atoms with Crippen LogP contribution in [0, 0.1) is 0 Å². The Morgan fingerprint density at radius 1 is 0.261 bits per heavy atom. The van der Waals surface area contributed by atoms with Gasteiger partial charge in [0.1, 0.15) is 0 Å². The van der Waals surface area contributed by atoms with Gasteiger partial charge in [-0.05, 0) is 106 Å². The van der Waals surface area contributed by atoms with Gasteiger partial charge >= 0.3 is 0 Å². The van der Waals surface area contributed by atoms with Gasteiger partial charge in [0, 0.05) is 44.2 Å². The van der Waals surface area contributed by atoms with Crippen molar-refractivity contribution < 1.29 is 0 Å². The van der Waals surface area contributed by atoms with Crippen LogP contribution in [0.5, 0.6) is 0 Å². The van der Waals surface area contributed by atoms with Crippen LogP contribution >= 0.6 is 0 Å². The Balaban J connectivity index is 1.01. The average molecular weight is 880 g/mol. The zero-order valence-electron chi connectivity index (χ0n) is 37.8. The van der Waals surface area contributed by atoms with Gasteiger partial charge in [-0.25, -0.2) is 0 Å². The molecular formula is C66H45N3. The van der Waals surface area contributed by atoms with E-state index in [1.165, 1.54) is 77.0 Å². The smallest absolute Gasteiger partial charge is 0.0702 e. The highest BCUT2D eigenvalue weighted by Gasteiger charge is 2.23. The van der Waals surface area contributed by atoms with Crippen molar-refractivity contribution in [3.05, 3.63) is 273 Å². The number of aromatic nitrogens is 2. The second kappa shape index (κ2) is 16.9. The van der Waals surface area contributed by atoms with E-state index in [2.05, 4.69) is 287 Å².